The molecule has 246 valence electrons. The maximum Gasteiger partial charge on any atom is 0.227 e. The number of hydrogen-bond donors (Lipinski definition) is 2. The summed E-state index contributed by atoms with van der Waals surface area (Å²) in [6, 6.07) is 10.3. The molecule has 2 aliphatic heterocycles. The molecule has 0 aliphatic carbocycles. The molecule has 3 aromatic rings. The van der Waals surface area contributed by atoms with Gasteiger partial charge in [-0.1, -0.05) is 24.8 Å². The zero-order valence-corrected chi connectivity index (χ0v) is 27.6. The Morgan fingerprint density at radius 3 is 2.35 bits per heavy atom. The van der Waals surface area contributed by atoms with Crippen molar-refractivity contribution in [3.63, 3.8) is 0 Å². The number of amides is 1. The van der Waals surface area contributed by atoms with E-state index in [9.17, 15) is 4.79 Å². The van der Waals surface area contributed by atoms with E-state index in [-0.39, 0.29) is 18.4 Å². The average molecular weight is 633 g/mol. The molecular formula is C35H46F2N8O. The van der Waals surface area contributed by atoms with Crippen LogP contribution in [0, 0.1) is 18.6 Å². The smallest absolute Gasteiger partial charge is 0.227 e. The number of carbonyl (C=O) groups is 1. The maximum absolute atomic E-state index is 15.2. The van der Waals surface area contributed by atoms with Crippen molar-refractivity contribution >= 4 is 29.6 Å². The number of carbonyl (C=O) groups excluding carboxylic acids is 1. The van der Waals surface area contributed by atoms with Gasteiger partial charge in [-0.15, -0.1) is 0 Å². The van der Waals surface area contributed by atoms with Crippen molar-refractivity contribution in [1.29, 1.82) is 0 Å². The Labute approximate surface area is 271 Å². The van der Waals surface area contributed by atoms with Gasteiger partial charge >= 0.3 is 0 Å². The van der Waals surface area contributed by atoms with Crippen molar-refractivity contribution in [3.8, 4) is 11.3 Å². The number of benzene rings is 2. The number of anilines is 3. The first-order valence-corrected chi connectivity index (χ1v) is 16.1. The van der Waals surface area contributed by atoms with Crippen LogP contribution >= 0.6 is 0 Å². The maximum atomic E-state index is 15.2. The number of piperidine rings is 1. The highest BCUT2D eigenvalue weighted by Crippen LogP contribution is 2.38. The third kappa shape index (κ3) is 7.22. The van der Waals surface area contributed by atoms with E-state index in [1.807, 2.05) is 25.1 Å². The lowest BCUT2D eigenvalue weighted by Gasteiger charge is -2.42. The third-order valence-electron chi connectivity index (χ3n) is 8.94. The molecule has 2 fully saturated rings. The lowest BCUT2D eigenvalue weighted by molar-refractivity contribution is -0.106. The predicted molar refractivity (Wildman–Crippen MR) is 181 cm³/mol. The molecule has 5 rings (SSSR count). The molecule has 0 spiro atoms. The molecule has 3 heterocycles. The van der Waals surface area contributed by atoms with Crippen molar-refractivity contribution in [1.82, 2.24) is 30.4 Å². The molecule has 0 radical (unpaired) electrons. The van der Waals surface area contributed by atoms with E-state index in [0.29, 0.717) is 29.7 Å². The molecule has 2 N–H and O–H groups in total. The number of aromatic nitrogens is 2. The summed E-state index contributed by atoms with van der Waals surface area (Å²) >= 11 is 0. The number of nitrogens with one attached hydrogen (secondary N) is 2. The van der Waals surface area contributed by atoms with Gasteiger partial charge in [0.15, 0.2) is 5.82 Å². The van der Waals surface area contributed by atoms with Gasteiger partial charge in [-0.25, -0.2) is 13.8 Å². The molecule has 0 saturated carbocycles. The Bertz CT molecular complexity index is 1530. The van der Waals surface area contributed by atoms with Crippen LogP contribution in [0.25, 0.3) is 17.0 Å². The molecule has 11 heteroatoms. The first kappa shape index (κ1) is 33.4. The second-order valence-corrected chi connectivity index (χ2v) is 12.6. The van der Waals surface area contributed by atoms with Gasteiger partial charge in [-0.2, -0.15) is 4.98 Å². The topological polar surface area (TPSA) is 79.9 Å². The van der Waals surface area contributed by atoms with Crippen molar-refractivity contribution in [3.05, 3.63) is 71.3 Å². The first-order valence-electron chi connectivity index (χ1n) is 16.1. The number of piperazine rings is 1. The summed E-state index contributed by atoms with van der Waals surface area (Å²) in [5, 5.41) is 6.53. The molecule has 1 aromatic heterocycles. The van der Waals surface area contributed by atoms with E-state index >= 15 is 8.78 Å². The number of hydrogen-bond acceptors (Lipinski definition) is 8. The highest BCUT2D eigenvalue weighted by molar-refractivity contribution is 5.89. The number of para-hydroxylation sites is 1. The molecule has 0 atom stereocenters. The summed E-state index contributed by atoms with van der Waals surface area (Å²) < 4.78 is 30.4. The van der Waals surface area contributed by atoms with Crippen LogP contribution in [-0.4, -0.2) is 91.6 Å². The minimum atomic E-state index is -0.855. The van der Waals surface area contributed by atoms with Crippen LogP contribution in [0.15, 0.2) is 43.0 Å². The summed E-state index contributed by atoms with van der Waals surface area (Å²) in [5.74, 6) is -1.15. The molecular weight excluding hydrogens is 586 g/mol. The molecule has 2 saturated heterocycles. The number of halogens is 2. The molecule has 2 aromatic carbocycles. The van der Waals surface area contributed by atoms with Crippen molar-refractivity contribution in [2.24, 2.45) is 0 Å². The Kier molecular flexibility index (Phi) is 10.7. The van der Waals surface area contributed by atoms with Crippen molar-refractivity contribution in [2.75, 3.05) is 63.2 Å². The standard InChI is InChI=1S/C35H46F2N8O/c1-23(2)39-25(4)26-11-10-24(3)28(20-26)32-29(21-38-5)34(45(22-46)33-30(36)8-7-9-31(33)37)41-35(40-32)44-14-12-27(13-15-44)43-18-16-42(6)17-19-43/h7-11,20,22-23,27,38-39H,4,12-19,21H2,1-3,5-6H3. The van der Waals surface area contributed by atoms with Crippen LogP contribution in [0.1, 0.15) is 43.4 Å². The summed E-state index contributed by atoms with van der Waals surface area (Å²) in [6.07, 6.45) is 2.32. The lowest BCUT2D eigenvalue weighted by atomic mass is 9.97. The van der Waals surface area contributed by atoms with Crippen LogP contribution in [0.5, 0.6) is 0 Å². The van der Waals surface area contributed by atoms with Crippen LogP contribution in [0.2, 0.25) is 0 Å². The zero-order valence-electron chi connectivity index (χ0n) is 27.6. The molecule has 9 nitrogen and oxygen atoms in total. The van der Waals surface area contributed by atoms with Crippen molar-refractivity contribution < 1.29 is 13.6 Å². The molecule has 0 bridgehead atoms. The van der Waals surface area contributed by atoms with Crippen molar-refractivity contribution in [2.45, 2.75) is 52.2 Å². The number of likely N-dealkylation sites (N-methyl/N-ethyl adjacent to an activating group) is 1. The van der Waals surface area contributed by atoms with Crippen LogP contribution in [0.3, 0.4) is 0 Å². The van der Waals surface area contributed by atoms with Crippen LogP contribution in [-0.2, 0) is 11.3 Å². The van der Waals surface area contributed by atoms with Gasteiger partial charge in [-0.05, 0) is 77.0 Å². The third-order valence-corrected chi connectivity index (χ3v) is 8.94. The summed E-state index contributed by atoms with van der Waals surface area (Å²) in [7, 11) is 3.94. The normalized spacial score (nSPS) is 16.6. The van der Waals surface area contributed by atoms with Crippen LogP contribution < -0.4 is 20.4 Å². The van der Waals surface area contributed by atoms with E-state index in [1.54, 1.807) is 7.05 Å². The van der Waals surface area contributed by atoms with E-state index in [1.165, 1.54) is 6.07 Å². The van der Waals surface area contributed by atoms with E-state index < -0.39 is 17.3 Å². The Balaban J connectivity index is 1.63. The van der Waals surface area contributed by atoms with Gasteiger partial charge in [0.05, 0.1) is 5.69 Å². The molecule has 1 amide bonds. The molecule has 2 aliphatic rings. The van der Waals surface area contributed by atoms with Gasteiger partial charge in [-0.3, -0.25) is 14.6 Å². The second-order valence-electron chi connectivity index (χ2n) is 12.6. The minimum absolute atomic E-state index is 0.137. The molecule has 0 unspecified atom stereocenters. The largest absolute Gasteiger partial charge is 0.383 e. The Morgan fingerprint density at radius 2 is 1.74 bits per heavy atom. The highest BCUT2D eigenvalue weighted by Gasteiger charge is 2.31. The SMILES string of the molecule is C=C(NC(C)C)c1ccc(C)c(-c2nc(N3CCC(N4CCN(C)CC4)CC3)nc(N(C=O)c3c(F)cccc3F)c2CNC)c1. The van der Waals surface area contributed by atoms with Gasteiger partial charge < -0.3 is 20.4 Å². The minimum Gasteiger partial charge on any atom is -0.383 e. The predicted octanol–water partition coefficient (Wildman–Crippen LogP) is 4.93. The summed E-state index contributed by atoms with van der Waals surface area (Å²) in [6.45, 7) is 16.3. The lowest BCUT2D eigenvalue weighted by Crippen LogP contribution is -2.52. The fraction of sp³-hybridized carbons (Fsp3) is 0.457. The highest BCUT2D eigenvalue weighted by atomic mass is 19.1. The summed E-state index contributed by atoms with van der Waals surface area (Å²) in [4.78, 5) is 30.8. The zero-order chi connectivity index (χ0) is 33.0. The molecule has 46 heavy (non-hydrogen) atoms. The second kappa shape index (κ2) is 14.7. The summed E-state index contributed by atoms with van der Waals surface area (Å²) in [5.41, 5.74) is 4.12. The quantitative estimate of drug-likeness (QED) is 0.288. The number of nitrogens with zero attached hydrogens (tertiary/aromatic N) is 6. The number of rotatable bonds is 11. The average Bonchev–Trinajstić information content (AvgIpc) is 3.03. The van der Waals surface area contributed by atoms with Gasteiger partial charge in [0, 0.05) is 74.7 Å². The van der Waals surface area contributed by atoms with Gasteiger partial charge in [0.2, 0.25) is 12.4 Å². The number of aryl methyl sites for hydroxylation is 1. The Hall–Kier alpha value is -3.93. The first-order chi connectivity index (χ1) is 22.1. The van der Waals surface area contributed by atoms with E-state index in [4.69, 9.17) is 9.97 Å². The fourth-order valence-corrected chi connectivity index (χ4v) is 6.41. The monoisotopic (exact) mass is 632 g/mol. The van der Waals surface area contributed by atoms with Gasteiger partial charge in [0.25, 0.3) is 0 Å². The van der Waals surface area contributed by atoms with Gasteiger partial charge in [0.1, 0.15) is 17.3 Å². The van der Waals surface area contributed by atoms with E-state index in [2.05, 4.69) is 52.8 Å². The fourth-order valence-electron chi connectivity index (χ4n) is 6.41. The van der Waals surface area contributed by atoms with Crippen LogP contribution in [0.4, 0.5) is 26.2 Å². The Morgan fingerprint density at radius 1 is 1.07 bits per heavy atom. The van der Waals surface area contributed by atoms with E-state index in [0.717, 1.165) is 91.5 Å².